The summed E-state index contributed by atoms with van der Waals surface area (Å²) in [7, 11) is 1.84. The first kappa shape index (κ1) is 29.2. The lowest BCUT2D eigenvalue weighted by Gasteiger charge is -2.24. The minimum absolute atomic E-state index is 0.0597. The van der Waals surface area contributed by atoms with Crippen molar-refractivity contribution in [1.29, 1.82) is 0 Å². The number of para-hydroxylation sites is 1. The number of hydrogen-bond acceptors (Lipinski definition) is 5. The van der Waals surface area contributed by atoms with E-state index in [-0.39, 0.29) is 41.9 Å². The van der Waals surface area contributed by atoms with Crippen LogP contribution < -0.4 is 15.6 Å². The van der Waals surface area contributed by atoms with Gasteiger partial charge in [0, 0.05) is 26.1 Å². The van der Waals surface area contributed by atoms with Gasteiger partial charge in [0.1, 0.15) is 5.69 Å². The number of ketones is 1. The van der Waals surface area contributed by atoms with Crippen molar-refractivity contribution < 1.29 is 14.3 Å². The predicted molar refractivity (Wildman–Crippen MR) is 151 cm³/mol. The van der Waals surface area contributed by atoms with E-state index in [2.05, 4.69) is 10.3 Å². The lowest BCUT2D eigenvalue weighted by atomic mass is 9.83. The number of Topliss-reactive ketones (excluding diaryl/α,β-unsaturated/α-hetero) is 1. The molecule has 0 bridgehead atoms. The quantitative estimate of drug-likeness (QED) is 0.278. The highest BCUT2D eigenvalue weighted by Gasteiger charge is 2.28. The molecule has 1 aromatic carbocycles. The minimum atomic E-state index is -0.499. The minimum Gasteiger partial charge on any atom is -0.477 e. The molecule has 0 aliphatic rings. The van der Waals surface area contributed by atoms with E-state index in [1.807, 2.05) is 76.7 Å². The fourth-order valence-electron chi connectivity index (χ4n) is 4.53. The Kier molecular flexibility index (Phi) is 9.55. The average Bonchev–Trinajstić information content (AvgIpc) is 3.12. The van der Waals surface area contributed by atoms with Crippen molar-refractivity contribution in [3.05, 3.63) is 69.2 Å². The molecule has 1 amide bonds. The average molecular weight is 541 g/mol. The third-order valence-corrected chi connectivity index (χ3v) is 6.93. The van der Waals surface area contributed by atoms with Crippen LogP contribution in [0, 0.1) is 5.41 Å². The van der Waals surface area contributed by atoms with Gasteiger partial charge in [0.25, 0.3) is 5.56 Å². The number of rotatable bonds is 12. The zero-order valence-electron chi connectivity index (χ0n) is 23.0. The van der Waals surface area contributed by atoms with Crippen molar-refractivity contribution >= 4 is 29.0 Å². The Morgan fingerprint density at radius 2 is 1.87 bits per heavy atom. The van der Waals surface area contributed by atoms with Crippen LogP contribution in [-0.4, -0.2) is 32.6 Å². The molecule has 3 rings (SSSR count). The summed E-state index contributed by atoms with van der Waals surface area (Å²) in [6.07, 6.45) is 3.06. The van der Waals surface area contributed by atoms with E-state index in [1.54, 1.807) is 10.7 Å². The van der Waals surface area contributed by atoms with Gasteiger partial charge in [0.2, 0.25) is 11.8 Å². The molecule has 1 unspecified atom stereocenters. The van der Waals surface area contributed by atoms with Crippen LogP contribution >= 0.6 is 11.6 Å². The zero-order chi connectivity index (χ0) is 28.0. The number of carbonyl (C=O) groups is 2. The van der Waals surface area contributed by atoms with Crippen LogP contribution in [0.25, 0.3) is 5.69 Å². The number of halogens is 1. The van der Waals surface area contributed by atoms with Crippen molar-refractivity contribution in [1.82, 2.24) is 14.3 Å². The SMILES string of the molecule is CCOc1ncc(Cl)cc1C(=O)CCC(C)(C)CC(=O)Nc1c(C(C)CC)n(C)n(-c2ccccc2)c1=O. The normalized spacial score (nSPS) is 12.3. The van der Waals surface area contributed by atoms with Crippen LogP contribution in [0.5, 0.6) is 5.88 Å². The van der Waals surface area contributed by atoms with Gasteiger partial charge >= 0.3 is 0 Å². The Morgan fingerprint density at radius 1 is 1.18 bits per heavy atom. The van der Waals surface area contributed by atoms with Gasteiger partial charge in [-0.15, -0.1) is 0 Å². The highest BCUT2D eigenvalue weighted by molar-refractivity contribution is 6.30. The number of benzene rings is 1. The molecule has 2 heterocycles. The molecule has 38 heavy (non-hydrogen) atoms. The van der Waals surface area contributed by atoms with E-state index in [9.17, 15) is 14.4 Å². The molecule has 3 aromatic rings. The summed E-state index contributed by atoms with van der Waals surface area (Å²) < 4.78 is 8.88. The summed E-state index contributed by atoms with van der Waals surface area (Å²) in [6, 6.07) is 10.9. The number of carbonyl (C=O) groups excluding carboxylic acids is 2. The first-order valence-electron chi connectivity index (χ1n) is 13.0. The maximum atomic E-state index is 13.5. The Hall–Kier alpha value is -3.39. The molecule has 0 fully saturated rings. The Bertz CT molecular complexity index is 1340. The first-order chi connectivity index (χ1) is 18.0. The van der Waals surface area contributed by atoms with Gasteiger partial charge in [0.05, 0.1) is 28.6 Å². The van der Waals surface area contributed by atoms with Gasteiger partial charge < -0.3 is 10.1 Å². The zero-order valence-corrected chi connectivity index (χ0v) is 23.8. The third kappa shape index (κ3) is 6.72. The molecule has 0 saturated heterocycles. The molecule has 0 aliphatic carbocycles. The number of pyridine rings is 1. The maximum Gasteiger partial charge on any atom is 0.295 e. The molecule has 0 saturated carbocycles. The Labute approximate surface area is 229 Å². The fourth-order valence-corrected chi connectivity index (χ4v) is 4.69. The number of nitrogens with one attached hydrogen (secondary N) is 1. The van der Waals surface area contributed by atoms with Crippen molar-refractivity contribution in [2.24, 2.45) is 12.5 Å². The largest absolute Gasteiger partial charge is 0.477 e. The second-order valence-electron chi connectivity index (χ2n) is 10.3. The summed E-state index contributed by atoms with van der Waals surface area (Å²) in [4.78, 5) is 43.8. The molecule has 8 nitrogen and oxygen atoms in total. The molecule has 0 aliphatic heterocycles. The van der Waals surface area contributed by atoms with Gasteiger partial charge in [-0.25, -0.2) is 9.67 Å². The number of ether oxygens (including phenoxy) is 1. The van der Waals surface area contributed by atoms with Crippen LogP contribution in [0.2, 0.25) is 5.02 Å². The Balaban J connectivity index is 1.77. The molecule has 1 atom stereocenters. The van der Waals surface area contributed by atoms with E-state index < -0.39 is 5.41 Å². The van der Waals surface area contributed by atoms with E-state index >= 15 is 0 Å². The van der Waals surface area contributed by atoms with Crippen LogP contribution in [0.3, 0.4) is 0 Å². The summed E-state index contributed by atoms with van der Waals surface area (Å²) in [5.74, 6) is -0.0997. The van der Waals surface area contributed by atoms with Gasteiger partial charge in [-0.1, -0.05) is 57.5 Å². The van der Waals surface area contributed by atoms with Crippen molar-refractivity contribution in [2.75, 3.05) is 11.9 Å². The number of hydrogen-bond donors (Lipinski definition) is 1. The smallest absolute Gasteiger partial charge is 0.295 e. The second-order valence-corrected chi connectivity index (χ2v) is 10.7. The molecule has 204 valence electrons. The fraction of sp³-hybridized carbons (Fsp3) is 0.448. The first-order valence-corrected chi connectivity index (χ1v) is 13.4. The summed E-state index contributed by atoms with van der Waals surface area (Å²) in [5.41, 5.74) is 1.37. The monoisotopic (exact) mass is 540 g/mol. The van der Waals surface area contributed by atoms with E-state index in [0.717, 1.165) is 17.8 Å². The van der Waals surface area contributed by atoms with Gasteiger partial charge in [-0.3, -0.25) is 19.1 Å². The molecule has 1 N–H and O–H groups in total. The molecular weight excluding hydrogens is 504 g/mol. The molecule has 0 radical (unpaired) electrons. The number of nitrogens with zero attached hydrogens (tertiary/aromatic N) is 3. The van der Waals surface area contributed by atoms with Gasteiger partial charge in [-0.05, 0) is 49.3 Å². The van der Waals surface area contributed by atoms with Gasteiger partial charge in [0.15, 0.2) is 5.78 Å². The van der Waals surface area contributed by atoms with E-state index in [4.69, 9.17) is 16.3 Å². The van der Waals surface area contributed by atoms with Crippen LogP contribution in [0.1, 0.15) is 82.3 Å². The van der Waals surface area contributed by atoms with Crippen LogP contribution in [0.15, 0.2) is 47.4 Å². The standard InChI is InChI=1S/C29H37ClN4O4/c1-7-19(3)26-25(28(37)34(33(26)6)21-12-10-9-11-13-21)32-24(36)17-29(4,5)15-14-23(35)22-16-20(30)18-31-27(22)38-8-2/h9-13,16,18-19H,7-8,14-15,17H2,1-6H3,(H,32,36). The lowest BCUT2D eigenvalue weighted by molar-refractivity contribution is -0.118. The molecule has 0 spiro atoms. The molecular formula is C29H37ClN4O4. The van der Waals surface area contributed by atoms with Crippen molar-refractivity contribution in [3.8, 4) is 11.6 Å². The second kappa shape index (κ2) is 12.4. The van der Waals surface area contributed by atoms with E-state index in [1.165, 1.54) is 6.20 Å². The topological polar surface area (TPSA) is 95.2 Å². The predicted octanol–water partition coefficient (Wildman–Crippen LogP) is 6.15. The summed E-state index contributed by atoms with van der Waals surface area (Å²) >= 11 is 6.05. The number of amides is 1. The van der Waals surface area contributed by atoms with Crippen molar-refractivity contribution in [2.45, 2.75) is 66.2 Å². The highest BCUT2D eigenvalue weighted by atomic mass is 35.5. The summed E-state index contributed by atoms with van der Waals surface area (Å²) in [6.45, 7) is 10.2. The Morgan fingerprint density at radius 3 is 2.50 bits per heavy atom. The third-order valence-electron chi connectivity index (χ3n) is 6.72. The molecule has 9 heteroatoms. The van der Waals surface area contributed by atoms with E-state index in [0.29, 0.717) is 29.3 Å². The van der Waals surface area contributed by atoms with Gasteiger partial charge in [-0.2, -0.15) is 0 Å². The maximum absolute atomic E-state index is 13.5. The number of aromatic nitrogens is 3. The highest BCUT2D eigenvalue weighted by Crippen LogP contribution is 2.31. The number of anilines is 1. The van der Waals surface area contributed by atoms with Crippen LogP contribution in [-0.2, 0) is 11.8 Å². The van der Waals surface area contributed by atoms with Crippen LogP contribution in [0.4, 0.5) is 5.69 Å². The summed E-state index contributed by atoms with van der Waals surface area (Å²) in [5, 5.41) is 3.27. The lowest BCUT2D eigenvalue weighted by Crippen LogP contribution is -2.26. The van der Waals surface area contributed by atoms with Crippen molar-refractivity contribution in [3.63, 3.8) is 0 Å². The molecule has 2 aromatic heterocycles.